The van der Waals surface area contributed by atoms with Crippen molar-refractivity contribution in [2.24, 2.45) is 7.05 Å². The zero-order valence-corrected chi connectivity index (χ0v) is 21.4. The summed E-state index contributed by atoms with van der Waals surface area (Å²) in [4.78, 5) is 30.5. The molecule has 0 saturated carbocycles. The van der Waals surface area contributed by atoms with Crippen LogP contribution in [0.25, 0.3) is 11.2 Å². The van der Waals surface area contributed by atoms with Crippen LogP contribution in [-0.4, -0.2) is 50.0 Å². The van der Waals surface area contributed by atoms with Crippen LogP contribution in [0.3, 0.4) is 0 Å². The predicted octanol–water partition coefficient (Wildman–Crippen LogP) is 3.34. The van der Waals surface area contributed by atoms with E-state index in [1.54, 1.807) is 24.3 Å². The van der Waals surface area contributed by atoms with Crippen molar-refractivity contribution in [3.63, 3.8) is 0 Å². The summed E-state index contributed by atoms with van der Waals surface area (Å²) in [7, 11) is 1.47. The van der Waals surface area contributed by atoms with Crippen LogP contribution >= 0.6 is 11.6 Å². The van der Waals surface area contributed by atoms with Gasteiger partial charge in [-0.05, 0) is 36.2 Å². The highest BCUT2D eigenvalue weighted by molar-refractivity contribution is 6.30. The third kappa shape index (κ3) is 6.73. The third-order valence-electron chi connectivity index (χ3n) is 5.61. The van der Waals surface area contributed by atoms with Gasteiger partial charge in [-0.2, -0.15) is 4.98 Å². The number of ether oxygens (including phenoxy) is 3. The molecule has 0 aliphatic heterocycles. The number of hydrogen-bond donors (Lipinski definition) is 1. The Morgan fingerprint density at radius 3 is 2.38 bits per heavy atom. The Balaban J connectivity index is 1.61. The highest BCUT2D eigenvalue weighted by Gasteiger charge is 2.31. The molecule has 10 nitrogen and oxygen atoms in total. The minimum Gasteiger partial charge on any atom is -0.490 e. The molecule has 1 N–H and O–H groups in total. The maximum absolute atomic E-state index is 13.3. The summed E-state index contributed by atoms with van der Waals surface area (Å²) < 4.78 is 56.4. The van der Waals surface area contributed by atoms with E-state index in [0.717, 1.165) is 22.3 Å². The van der Waals surface area contributed by atoms with E-state index in [-0.39, 0.29) is 62.3 Å². The Bertz CT molecular complexity index is 1560. The summed E-state index contributed by atoms with van der Waals surface area (Å²) in [5.41, 5.74) is -0.176. The first-order valence-electron chi connectivity index (χ1n) is 11.7. The number of fused-ring (bicyclic) bond motifs is 1. The lowest BCUT2D eigenvalue weighted by Gasteiger charge is -2.13. The molecule has 0 amide bonds. The zero-order valence-electron chi connectivity index (χ0n) is 20.7. The summed E-state index contributed by atoms with van der Waals surface area (Å²) >= 11 is 6.00. The Morgan fingerprint density at radius 1 is 1.00 bits per heavy atom. The van der Waals surface area contributed by atoms with Crippen molar-refractivity contribution in [3.05, 3.63) is 80.0 Å². The predicted molar refractivity (Wildman–Crippen MR) is 136 cm³/mol. The summed E-state index contributed by atoms with van der Waals surface area (Å²) in [6.45, 7) is -0.170. The first kappa shape index (κ1) is 28.0. The quantitative estimate of drug-likeness (QED) is 0.276. The number of halogens is 4. The highest BCUT2D eigenvalue weighted by atomic mass is 35.5. The van der Waals surface area contributed by atoms with E-state index < -0.39 is 23.4 Å². The average molecular weight is 569 g/mol. The topological polar surface area (TPSA) is 110 Å². The molecule has 208 valence electrons. The number of aromatic nitrogens is 4. The normalized spacial score (nSPS) is 11.6. The van der Waals surface area contributed by atoms with E-state index in [9.17, 15) is 27.9 Å². The van der Waals surface area contributed by atoms with Crippen molar-refractivity contribution < 1.29 is 32.5 Å². The molecular formula is C25H24ClF3N4O6. The molecule has 0 spiro atoms. The molecule has 0 bridgehead atoms. The zero-order chi connectivity index (χ0) is 28.2. The first-order valence-corrected chi connectivity index (χ1v) is 12.1. The van der Waals surface area contributed by atoms with E-state index in [0.29, 0.717) is 5.02 Å². The molecule has 0 aliphatic carbocycles. The highest BCUT2D eigenvalue weighted by Crippen LogP contribution is 2.26. The van der Waals surface area contributed by atoms with E-state index in [1.807, 2.05) is 0 Å². The Labute approximate surface area is 224 Å². The van der Waals surface area contributed by atoms with E-state index >= 15 is 0 Å². The molecule has 0 aliphatic rings. The Hall–Kier alpha value is -3.97. The van der Waals surface area contributed by atoms with E-state index in [1.165, 1.54) is 28.3 Å². The van der Waals surface area contributed by atoms with E-state index in [4.69, 9.17) is 21.1 Å². The van der Waals surface area contributed by atoms with Gasteiger partial charge in [0.25, 0.3) is 11.6 Å². The summed E-state index contributed by atoms with van der Waals surface area (Å²) in [6, 6.07) is 12.0. The smallest absolute Gasteiger partial charge is 0.490 e. The summed E-state index contributed by atoms with van der Waals surface area (Å²) in [5, 5.41) is 9.72. The van der Waals surface area contributed by atoms with Crippen molar-refractivity contribution >= 4 is 22.8 Å². The second kappa shape index (κ2) is 11.8. The SMILES string of the molecule is Cn1c(=O)n(CCCO)c(=O)c2c1nc(OCCOc1cccc(OC(F)(F)F)c1)n2Cc1ccc(Cl)cc1. The first-order chi connectivity index (χ1) is 18.6. The van der Waals surface area contributed by atoms with Gasteiger partial charge in [-0.25, -0.2) is 4.79 Å². The molecule has 0 unspecified atom stereocenters. The van der Waals surface area contributed by atoms with Crippen LogP contribution < -0.4 is 25.5 Å². The van der Waals surface area contributed by atoms with Gasteiger partial charge in [-0.15, -0.1) is 13.2 Å². The maximum Gasteiger partial charge on any atom is 0.573 e. The number of imidazole rings is 1. The lowest BCUT2D eigenvalue weighted by Crippen LogP contribution is -2.39. The molecule has 2 heterocycles. The van der Waals surface area contributed by atoms with Gasteiger partial charge < -0.3 is 19.3 Å². The van der Waals surface area contributed by atoms with Gasteiger partial charge in [0, 0.05) is 31.3 Å². The second-order valence-corrected chi connectivity index (χ2v) is 8.81. The van der Waals surface area contributed by atoms with Gasteiger partial charge in [-0.3, -0.25) is 18.5 Å². The number of nitrogens with zero attached hydrogens (tertiary/aromatic N) is 4. The number of benzene rings is 2. The van der Waals surface area contributed by atoms with Gasteiger partial charge in [0.15, 0.2) is 11.2 Å². The number of aliphatic hydroxyl groups is 1. The molecule has 14 heteroatoms. The van der Waals surface area contributed by atoms with Crippen LogP contribution in [0, 0.1) is 0 Å². The van der Waals surface area contributed by atoms with Gasteiger partial charge in [-0.1, -0.05) is 29.8 Å². The van der Waals surface area contributed by atoms with Crippen LogP contribution in [0.1, 0.15) is 12.0 Å². The monoisotopic (exact) mass is 568 g/mol. The van der Waals surface area contributed by atoms with Crippen LogP contribution in [0.15, 0.2) is 58.1 Å². The maximum atomic E-state index is 13.3. The molecule has 2 aromatic carbocycles. The van der Waals surface area contributed by atoms with Crippen molar-refractivity contribution in [1.82, 2.24) is 18.7 Å². The molecule has 39 heavy (non-hydrogen) atoms. The number of aliphatic hydroxyl groups excluding tert-OH is 1. The van der Waals surface area contributed by atoms with Gasteiger partial charge >= 0.3 is 12.1 Å². The third-order valence-corrected chi connectivity index (χ3v) is 5.87. The van der Waals surface area contributed by atoms with Gasteiger partial charge in [0.1, 0.15) is 24.7 Å². The summed E-state index contributed by atoms with van der Waals surface area (Å²) in [5.74, 6) is -0.298. The number of aryl methyl sites for hydroxylation is 1. The lowest BCUT2D eigenvalue weighted by atomic mass is 10.2. The van der Waals surface area contributed by atoms with Crippen molar-refractivity contribution in [2.45, 2.75) is 25.9 Å². The van der Waals surface area contributed by atoms with Crippen LogP contribution in [-0.2, 0) is 20.1 Å². The van der Waals surface area contributed by atoms with Crippen LogP contribution in [0.4, 0.5) is 13.2 Å². The average Bonchev–Trinajstić information content (AvgIpc) is 3.24. The van der Waals surface area contributed by atoms with E-state index in [2.05, 4.69) is 9.72 Å². The molecule has 2 aromatic heterocycles. The number of rotatable bonds is 11. The van der Waals surface area contributed by atoms with Gasteiger partial charge in [0.05, 0.1) is 6.54 Å². The molecular weight excluding hydrogens is 545 g/mol. The molecule has 0 saturated heterocycles. The minimum absolute atomic E-state index is 0.0191. The van der Waals surface area contributed by atoms with Crippen molar-refractivity contribution in [2.75, 3.05) is 19.8 Å². The molecule has 4 rings (SSSR count). The molecule has 0 atom stereocenters. The minimum atomic E-state index is -4.83. The fraction of sp³-hybridized carbons (Fsp3) is 0.320. The number of hydrogen-bond acceptors (Lipinski definition) is 7. The fourth-order valence-corrected chi connectivity index (χ4v) is 3.99. The summed E-state index contributed by atoms with van der Waals surface area (Å²) in [6.07, 6.45) is -4.62. The molecule has 0 fully saturated rings. The second-order valence-electron chi connectivity index (χ2n) is 8.37. The number of alkyl halides is 3. The standard InChI is InChI=1S/C25H24ClF3N4O6/c1-31-21-20(22(35)32(24(31)36)10-3-11-34)33(15-16-6-8-17(26)9-7-16)23(30-21)38-13-12-37-18-4-2-5-19(14-18)39-25(27,28)29/h2,4-9,14,34H,3,10-13,15H2,1H3. The molecule has 4 aromatic rings. The van der Waals surface area contributed by atoms with Gasteiger partial charge in [0.2, 0.25) is 0 Å². The van der Waals surface area contributed by atoms with Crippen LogP contribution in [0.5, 0.6) is 17.5 Å². The lowest BCUT2D eigenvalue weighted by molar-refractivity contribution is -0.274. The van der Waals surface area contributed by atoms with Crippen molar-refractivity contribution in [3.8, 4) is 17.5 Å². The van der Waals surface area contributed by atoms with Crippen LogP contribution in [0.2, 0.25) is 5.02 Å². The largest absolute Gasteiger partial charge is 0.573 e. The molecule has 0 radical (unpaired) electrons. The fourth-order valence-electron chi connectivity index (χ4n) is 3.86. The Kier molecular flexibility index (Phi) is 8.51. The van der Waals surface area contributed by atoms with Crippen molar-refractivity contribution in [1.29, 1.82) is 0 Å². The Morgan fingerprint density at radius 2 is 1.69 bits per heavy atom.